The van der Waals surface area contributed by atoms with Gasteiger partial charge >= 0.3 is 0 Å². The highest BCUT2D eigenvalue weighted by Crippen LogP contribution is 2.27. The Morgan fingerprint density at radius 1 is 1.21 bits per heavy atom. The van der Waals surface area contributed by atoms with E-state index >= 15 is 0 Å². The molecule has 3 aromatic rings. The zero-order valence-corrected chi connectivity index (χ0v) is 14.5. The molecule has 0 atom stereocenters. The van der Waals surface area contributed by atoms with E-state index in [1.54, 1.807) is 37.5 Å². The van der Waals surface area contributed by atoms with Crippen LogP contribution in [0.25, 0.3) is 22.0 Å². The number of hydrogen-bond donors (Lipinski definition) is 0. The van der Waals surface area contributed by atoms with Crippen LogP contribution in [0.4, 0.5) is 0 Å². The molecule has 124 valence electrons. The van der Waals surface area contributed by atoms with E-state index in [0.717, 1.165) is 11.1 Å². The average molecular weight is 365 g/mol. The van der Waals surface area contributed by atoms with E-state index in [2.05, 4.69) is 15.1 Å². The highest BCUT2D eigenvalue weighted by molar-refractivity contribution is 8.13. The molecule has 1 aromatic carbocycles. The molecule has 2 heterocycles. The maximum absolute atomic E-state index is 11.8. The van der Waals surface area contributed by atoms with Gasteiger partial charge in [0, 0.05) is 40.9 Å². The fourth-order valence-corrected chi connectivity index (χ4v) is 3.17. The molecule has 0 fully saturated rings. The molecule has 0 amide bonds. The molecule has 0 saturated carbocycles. The van der Waals surface area contributed by atoms with Crippen molar-refractivity contribution < 1.29 is 13.2 Å². The third-order valence-electron chi connectivity index (χ3n) is 3.47. The molecule has 3 rings (SSSR count). The van der Waals surface area contributed by atoms with Crippen LogP contribution < -0.4 is 0 Å². The Labute approximate surface area is 142 Å². The summed E-state index contributed by atoms with van der Waals surface area (Å²) in [6, 6.07) is 5.26. The second kappa shape index (κ2) is 5.95. The van der Waals surface area contributed by atoms with Gasteiger partial charge in [0.2, 0.25) is 0 Å². The highest BCUT2D eigenvalue weighted by Gasteiger charge is 2.18. The number of ketones is 1. The Bertz CT molecular complexity index is 1040. The van der Waals surface area contributed by atoms with Gasteiger partial charge < -0.3 is 0 Å². The molecule has 0 spiro atoms. The summed E-state index contributed by atoms with van der Waals surface area (Å²) < 4.78 is 23.9. The van der Waals surface area contributed by atoms with Crippen molar-refractivity contribution >= 4 is 36.4 Å². The second-order valence-corrected chi connectivity index (χ2v) is 8.07. The van der Waals surface area contributed by atoms with Crippen LogP contribution in [0.15, 0.2) is 30.6 Å². The molecule has 0 radical (unpaired) electrons. The molecule has 0 bridgehead atoms. The molecular weight excluding hydrogens is 352 g/mol. The molecule has 0 aliphatic rings. The molecule has 0 saturated heterocycles. The molecule has 9 heteroatoms. The van der Waals surface area contributed by atoms with Crippen molar-refractivity contribution in [2.24, 2.45) is 0 Å². The van der Waals surface area contributed by atoms with E-state index in [0.29, 0.717) is 16.7 Å². The van der Waals surface area contributed by atoms with Gasteiger partial charge in [-0.2, -0.15) is 5.10 Å². The summed E-state index contributed by atoms with van der Waals surface area (Å²) >= 11 is 0. The molecule has 24 heavy (non-hydrogen) atoms. The van der Waals surface area contributed by atoms with Crippen LogP contribution >= 0.6 is 10.7 Å². The zero-order chi connectivity index (χ0) is 17.5. The standard InChI is InChI=1S/C15H13ClN4O3S/c1-9(21)15-13-5-11(12-6-17-10(2)18-7-12)3-4-14(13)20(19-15)8-24(16,22)23/h3-7H,8H2,1-2H3. The number of benzene rings is 1. The van der Waals surface area contributed by atoms with Gasteiger partial charge in [-0.15, -0.1) is 0 Å². The first-order valence-electron chi connectivity index (χ1n) is 6.97. The SMILES string of the molecule is CC(=O)c1nn(CS(=O)(=O)Cl)c2ccc(-c3cnc(C)nc3)cc12. The lowest BCUT2D eigenvalue weighted by atomic mass is 10.0. The Hall–Kier alpha value is -2.32. The number of carbonyl (C=O) groups is 1. The first-order valence-corrected chi connectivity index (χ1v) is 9.45. The maximum atomic E-state index is 11.8. The molecular formula is C15H13ClN4O3S. The Morgan fingerprint density at radius 3 is 2.46 bits per heavy atom. The predicted octanol–water partition coefficient (Wildman–Crippen LogP) is 2.53. The number of Topliss-reactive ketones (excluding diaryl/α,β-unsaturated/α-hetero) is 1. The van der Waals surface area contributed by atoms with Crippen LogP contribution in [-0.4, -0.2) is 33.9 Å². The lowest BCUT2D eigenvalue weighted by Gasteiger charge is -2.03. The highest BCUT2D eigenvalue weighted by atomic mass is 35.7. The zero-order valence-electron chi connectivity index (χ0n) is 12.9. The number of fused-ring (bicyclic) bond motifs is 1. The third kappa shape index (κ3) is 3.29. The quantitative estimate of drug-likeness (QED) is 0.521. The smallest absolute Gasteiger partial charge is 0.252 e. The summed E-state index contributed by atoms with van der Waals surface area (Å²) in [6.07, 6.45) is 3.37. The van der Waals surface area contributed by atoms with Crippen LogP contribution in [-0.2, 0) is 14.9 Å². The largest absolute Gasteiger partial charge is 0.293 e. The fourth-order valence-electron chi connectivity index (χ4n) is 2.40. The number of hydrogen-bond acceptors (Lipinski definition) is 6. The topological polar surface area (TPSA) is 94.8 Å². The molecule has 0 N–H and O–H groups in total. The summed E-state index contributed by atoms with van der Waals surface area (Å²) in [7, 11) is 1.50. The predicted molar refractivity (Wildman–Crippen MR) is 90.3 cm³/mol. The van der Waals surface area contributed by atoms with E-state index in [1.807, 2.05) is 0 Å². The van der Waals surface area contributed by atoms with E-state index in [1.165, 1.54) is 11.6 Å². The van der Waals surface area contributed by atoms with E-state index in [9.17, 15) is 13.2 Å². The Balaban J connectivity index is 2.19. The van der Waals surface area contributed by atoms with Crippen LogP contribution in [0, 0.1) is 6.92 Å². The molecule has 0 aliphatic heterocycles. The number of nitrogens with zero attached hydrogens (tertiary/aromatic N) is 4. The van der Waals surface area contributed by atoms with Crippen LogP contribution in [0.5, 0.6) is 0 Å². The Morgan fingerprint density at radius 2 is 1.88 bits per heavy atom. The van der Waals surface area contributed by atoms with Crippen LogP contribution in [0.3, 0.4) is 0 Å². The lowest BCUT2D eigenvalue weighted by Crippen LogP contribution is -2.07. The first-order chi connectivity index (χ1) is 11.2. The minimum atomic E-state index is -3.81. The Kier molecular flexibility index (Phi) is 4.10. The molecule has 2 aromatic heterocycles. The summed E-state index contributed by atoms with van der Waals surface area (Å²) in [5.41, 5.74) is 2.30. The lowest BCUT2D eigenvalue weighted by molar-refractivity contribution is 0.101. The van der Waals surface area contributed by atoms with Crippen molar-refractivity contribution in [3.63, 3.8) is 0 Å². The van der Waals surface area contributed by atoms with Crippen molar-refractivity contribution in [3.05, 3.63) is 42.1 Å². The van der Waals surface area contributed by atoms with E-state index in [4.69, 9.17) is 10.7 Å². The van der Waals surface area contributed by atoms with Crippen molar-refractivity contribution in [3.8, 4) is 11.1 Å². The summed E-state index contributed by atoms with van der Waals surface area (Å²) in [4.78, 5) is 20.2. The summed E-state index contributed by atoms with van der Waals surface area (Å²) in [5.74, 6) is -0.113. The van der Waals surface area contributed by atoms with Gasteiger partial charge in [0.1, 0.15) is 11.5 Å². The van der Waals surface area contributed by atoms with Crippen LogP contribution in [0.2, 0.25) is 0 Å². The van der Waals surface area contributed by atoms with Gasteiger partial charge in [-0.05, 0) is 24.6 Å². The van der Waals surface area contributed by atoms with Crippen LogP contribution in [0.1, 0.15) is 23.2 Å². The van der Waals surface area contributed by atoms with Crippen molar-refractivity contribution in [2.75, 3.05) is 0 Å². The first kappa shape index (κ1) is 16.5. The fraction of sp³-hybridized carbons (Fsp3) is 0.200. The third-order valence-corrected chi connectivity index (χ3v) is 4.32. The average Bonchev–Trinajstić information content (AvgIpc) is 2.84. The van der Waals surface area contributed by atoms with Crippen molar-refractivity contribution in [1.82, 2.24) is 19.7 Å². The monoisotopic (exact) mass is 364 g/mol. The number of rotatable bonds is 4. The van der Waals surface area contributed by atoms with E-state index < -0.39 is 14.9 Å². The second-order valence-electron chi connectivity index (χ2n) is 5.32. The van der Waals surface area contributed by atoms with Crippen molar-refractivity contribution in [2.45, 2.75) is 19.7 Å². The van der Waals surface area contributed by atoms with Gasteiger partial charge in [-0.1, -0.05) is 6.07 Å². The number of aromatic nitrogens is 4. The molecule has 7 nitrogen and oxygen atoms in total. The van der Waals surface area contributed by atoms with Crippen molar-refractivity contribution in [1.29, 1.82) is 0 Å². The number of halogens is 1. The maximum Gasteiger partial charge on any atom is 0.252 e. The molecule has 0 aliphatic carbocycles. The minimum Gasteiger partial charge on any atom is -0.293 e. The van der Waals surface area contributed by atoms with Gasteiger partial charge in [0.05, 0.1) is 5.52 Å². The summed E-state index contributed by atoms with van der Waals surface area (Å²) in [6.45, 7) is 3.17. The minimum absolute atomic E-state index is 0.195. The van der Waals surface area contributed by atoms with Gasteiger partial charge in [0.25, 0.3) is 9.05 Å². The van der Waals surface area contributed by atoms with Gasteiger partial charge in [-0.25, -0.2) is 23.1 Å². The molecule has 0 unspecified atom stereocenters. The van der Waals surface area contributed by atoms with E-state index in [-0.39, 0.29) is 11.5 Å². The van der Waals surface area contributed by atoms with Gasteiger partial charge in [-0.3, -0.25) is 4.79 Å². The summed E-state index contributed by atoms with van der Waals surface area (Å²) in [5, 5.41) is 4.65. The van der Waals surface area contributed by atoms with Gasteiger partial charge in [0.15, 0.2) is 11.7 Å². The number of carbonyl (C=O) groups excluding carboxylic acids is 1. The number of aryl methyl sites for hydroxylation is 1. The normalized spacial score (nSPS) is 11.8.